The molecule has 0 aliphatic heterocycles. The van der Waals surface area contributed by atoms with Crippen LogP contribution in [0.15, 0.2) is 35.9 Å². The zero-order valence-electron chi connectivity index (χ0n) is 10.6. The van der Waals surface area contributed by atoms with E-state index in [9.17, 15) is 4.79 Å². The van der Waals surface area contributed by atoms with Gasteiger partial charge in [0, 0.05) is 6.08 Å². The minimum atomic E-state index is -0.836. The fourth-order valence-corrected chi connectivity index (χ4v) is 2.47. The van der Waals surface area contributed by atoms with Crippen molar-refractivity contribution in [3.63, 3.8) is 0 Å². The van der Waals surface area contributed by atoms with Crippen molar-refractivity contribution < 1.29 is 14.6 Å². The van der Waals surface area contributed by atoms with E-state index in [1.165, 1.54) is 11.6 Å². The molecular weight excluding hydrogens is 228 g/mol. The van der Waals surface area contributed by atoms with Gasteiger partial charge in [0.05, 0.1) is 6.61 Å². The van der Waals surface area contributed by atoms with Crippen LogP contribution >= 0.6 is 0 Å². The molecule has 0 amide bonds. The topological polar surface area (TPSA) is 46.5 Å². The van der Waals surface area contributed by atoms with Crippen molar-refractivity contribution in [2.75, 3.05) is 6.61 Å². The van der Waals surface area contributed by atoms with E-state index in [0.717, 1.165) is 30.6 Å². The Labute approximate surface area is 107 Å². The molecule has 0 heterocycles. The maximum absolute atomic E-state index is 10.6. The molecule has 0 spiro atoms. The monoisotopic (exact) mass is 246 g/mol. The zero-order valence-corrected chi connectivity index (χ0v) is 10.6. The van der Waals surface area contributed by atoms with Crippen molar-refractivity contribution >= 4 is 5.97 Å². The van der Waals surface area contributed by atoms with Crippen LogP contribution in [0, 0.1) is 0 Å². The third-order valence-corrected chi connectivity index (χ3v) is 3.31. The predicted octanol–water partition coefficient (Wildman–Crippen LogP) is 3.36. The SMILES string of the molecule is CCOc1ccc(C2CC/C(=C\C(=O)O)C2)cc1. The number of allylic oxidation sites excluding steroid dienone is 1. The molecule has 3 heteroatoms. The molecule has 0 bridgehead atoms. The van der Waals surface area contributed by atoms with Crippen molar-refractivity contribution in [3.05, 3.63) is 41.5 Å². The second kappa shape index (κ2) is 5.71. The number of ether oxygens (including phenoxy) is 1. The minimum absolute atomic E-state index is 0.450. The average molecular weight is 246 g/mol. The van der Waals surface area contributed by atoms with Gasteiger partial charge in [-0.1, -0.05) is 17.7 Å². The van der Waals surface area contributed by atoms with Gasteiger partial charge in [0.25, 0.3) is 0 Å². The lowest BCUT2D eigenvalue weighted by molar-refractivity contribution is -0.131. The van der Waals surface area contributed by atoms with Gasteiger partial charge in [-0.2, -0.15) is 0 Å². The number of carboxylic acid groups (broad SMARTS) is 1. The molecule has 18 heavy (non-hydrogen) atoms. The van der Waals surface area contributed by atoms with E-state index in [1.807, 2.05) is 19.1 Å². The number of carboxylic acids is 1. The number of benzene rings is 1. The highest BCUT2D eigenvalue weighted by Gasteiger charge is 2.21. The third-order valence-electron chi connectivity index (χ3n) is 3.31. The number of carbonyl (C=O) groups is 1. The normalized spacial score (nSPS) is 21.2. The molecule has 1 aromatic carbocycles. The third kappa shape index (κ3) is 3.13. The van der Waals surface area contributed by atoms with Gasteiger partial charge in [-0.05, 0) is 49.8 Å². The Morgan fingerprint density at radius 3 is 2.78 bits per heavy atom. The van der Waals surface area contributed by atoms with E-state index in [1.54, 1.807) is 0 Å². The van der Waals surface area contributed by atoms with Crippen LogP contribution in [0.25, 0.3) is 0 Å². The smallest absolute Gasteiger partial charge is 0.328 e. The summed E-state index contributed by atoms with van der Waals surface area (Å²) in [6.45, 7) is 2.64. The maximum atomic E-state index is 10.6. The summed E-state index contributed by atoms with van der Waals surface area (Å²) in [6, 6.07) is 8.13. The van der Waals surface area contributed by atoms with E-state index >= 15 is 0 Å². The van der Waals surface area contributed by atoms with Crippen LogP contribution in [0.5, 0.6) is 5.75 Å². The fourth-order valence-electron chi connectivity index (χ4n) is 2.47. The summed E-state index contributed by atoms with van der Waals surface area (Å²) in [7, 11) is 0. The summed E-state index contributed by atoms with van der Waals surface area (Å²) in [5, 5.41) is 8.73. The van der Waals surface area contributed by atoms with Crippen molar-refractivity contribution in [1.29, 1.82) is 0 Å². The molecule has 1 aromatic rings. The second-order valence-electron chi connectivity index (χ2n) is 4.58. The molecule has 1 unspecified atom stereocenters. The Balaban J connectivity index is 2.03. The summed E-state index contributed by atoms with van der Waals surface area (Å²) in [5.41, 5.74) is 2.31. The number of hydrogen-bond acceptors (Lipinski definition) is 2. The van der Waals surface area contributed by atoms with E-state index < -0.39 is 5.97 Å². The lowest BCUT2D eigenvalue weighted by Gasteiger charge is -2.10. The standard InChI is InChI=1S/C15H18O3/c1-2-18-14-7-5-12(6-8-14)13-4-3-11(9-13)10-15(16)17/h5-8,10,13H,2-4,9H2,1H3,(H,16,17)/b11-10+. The van der Waals surface area contributed by atoms with Gasteiger partial charge in [0.1, 0.15) is 5.75 Å². The van der Waals surface area contributed by atoms with E-state index in [4.69, 9.17) is 9.84 Å². The van der Waals surface area contributed by atoms with Crippen LogP contribution < -0.4 is 4.74 Å². The molecule has 3 nitrogen and oxygen atoms in total. The Morgan fingerprint density at radius 2 is 2.17 bits per heavy atom. The highest BCUT2D eigenvalue weighted by atomic mass is 16.5. The van der Waals surface area contributed by atoms with Crippen molar-refractivity contribution in [2.45, 2.75) is 32.1 Å². The van der Waals surface area contributed by atoms with Gasteiger partial charge >= 0.3 is 5.97 Å². The summed E-state index contributed by atoms with van der Waals surface area (Å²) >= 11 is 0. The predicted molar refractivity (Wildman–Crippen MR) is 69.9 cm³/mol. The maximum Gasteiger partial charge on any atom is 0.328 e. The van der Waals surface area contributed by atoms with E-state index in [0.29, 0.717) is 12.5 Å². The Hall–Kier alpha value is -1.77. The summed E-state index contributed by atoms with van der Waals surface area (Å²) < 4.78 is 5.41. The molecule has 1 fully saturated rings. The minimum Gasteiger partial charge on any atom is -0.494 e. The summed E-state index contributed by atoms with van der Waals surface area (Å²) in [6.07, 6.45) is 4.14. The molecule has 0 radical (unpaired) electrons. The van der Waals surface area contributed by atoms with Gasteiger partial charge in [-0.3, -0.25) is 0 Å². The molecule has 1 atom stereocenters. The highest BCUT2D eigenvalue weighted by molar-refractivity contribution is 5.80. The zero-order chi connectivity index (χ0) is 13.0. The number of rotatable bonds is 4. The van der Waals surface area contributed by atoms with Gasteiger partial charge in [0.2, 0.25) is 0 Å². The van der Waals surface area contributed by atoms with Crippen molar-refractivity contribution in [3.8, 4) is 5.75 Å². The second-order valence-corrected chi connectivity index (χ2v) is 4.58. The Bertz CT molecular complexity index is 445. The molecule has 1 aliphatic rings. The molecule has 1 aliphatic carbocycles. The first-order valence-corrected chi connectivity index (χ1v) is 6.34. The molecule has 1 N–H and O–H groups in total. The van der Waals surface area contributed by atoms with Crippen molar-refractivity contribution in [1.82, 2.24) is 0 Å². The van der Waals surface area contributed by atoms with Gasteiger partial charge in [-0.25, -0.2) is 4.79 Å². The Morgan fingerprint density at radius 1 is 1.44 bits per heavy atom. The highest BCUT2D eigenvalue weighted by Crippen LogP contribution is 2.38. The molecular formula is C15H18O3. The van der Waals surface area contributed by atoms with Gasteiger partial charge < -0.3 is 9.84 Å². The van der Waals surface area contributed by atoms with Crippen LogP contribution in [-0.2, 0) is 4.79 Å². The van der Waals surface area contributed by atoms with E-state index in [2.05, 4.69) is 12.1 Å². The number of aliphatic carboxylic acids is 1. The van der Waals surface area contributed by atoms with Gasteiger partial charge in [-0.15, -0.1) is 0 Å². The first-order chi connectivity index (χ1) is 8.69. The van der Waals surface area contributed by atoms with Crippen LogP contribution in [-0.4, -0.2) is 17.7 Å². The average Bonchev–Trinajstić information content (AvgIpc) is 2.78. The lowest BCUT2D eigenvalue weighted by atomic mass is 9.97. The molecule has 1 saturated carbocycles. The first kappa shape index (κ1) is 12.7. The molecule has 0 saturated heterocycles. The molecule has 96 valence electrons. The van der Waals surface area contributed by atoms with Crippen LogP contribution in [0.3, 0.4) is 0 Å². The van der Waals surface area contributed by atoms with Crippen LogP contribution in [0.2, 0.25) is 0 Å². The van der Waals surface area contributed by atoms with E-state index in [-0.39, 0.29) is 0 Å². The summed E-state index contributed by atoms with van der Waals surface area (Å²) in [5.74, 6) is 0.504. The molecule has 0 aromatic heterocycles. The fraction of sp³-hybridized carbons (Fsp3) is 0.400. The number of hydrogen-bond donors (Lipinski definition) is 1. The molecule has 2 rings (SSSR count). The quantitative estimate of drug-likeness (QED) is 0.828. The van der Waals surface area contributed by atoms with Crippen LogP contribution in [0.4, 0.5) is 0 Å². The lowest BCUT2D eigenvalue weighted by Crippen LogP contribution is -1.95. The van der Waals surface area contributed by atoms with Gasteiger partial charge in [0.15, 0.2) is 0 Å². The Kier molecular flexibility index (Phi) is 4.03. The van der Waals surface area contributed by atoms with Crippen LogP contribution in [0.1, 0.15) is 37.7 Å². The van der Waals surface area contributed by atoms with Crippen molar-refractivity contribution in [2.24, 2.45) is 0 Å². The first-order valence-electron chi connectivity index (χ1n) is 6.34. The largest absolute Gasteiger partial charge is 0.494 e. The summed E-state index contributed by atoms with van der Waals surface area (Å²) in [4.78, 5) is 10.6.